The molecule has 1 aliphatic rings. The first-order valence-corrected chi connectivity index (χ1v) is 6.14. The first kappa shape index (κ1) is 12.4. The topological polar surface area (TPSA) is 38.3 Å². The molecule has 1 aliphatic heterocycles. The van der Waals surface area contributed by atoms with Gasteiger partial charge in [-0.05, 0) is 30.7 Å². The third kappa shape index (κ3) is 2.79. The lowest BCUT2D eigenvalue weighted by Gasteiger charge is -2.30. The van der Waals surface area contributed by atoms with Crippen molar-refractivity contribution in [1.82, 2.24) is 5.32 Å². The largest absolute Gasteiger partial charge is 0.469 e. The van der Waals surface area contributed by atoms with Crippen molar-refractivity contribution in [2.45, 2.75) is 12.3 Å². The Morgan fingerprint density at radius 3 is 2.76 bits per heavy atom. The molecule has 1 aromatic rings. The third-order valence-electron chi connectivity index (χ3n) is 3.28. The number of esters is 1. The first-order chi connectivity index (χ1) is 8.22. The van der Waals surface area contributed by atoms with E-state index in [0.29, 0.717) is 5.02 Å². The van der Waals surface area contributed by atoms with Gasteiger partial charge in [0.2, 0.25) is 0 Å². The van der Waals surface area contributed by atoms with Crippen LogP contribution >= 0.6 is 11.6 Å². The third-order valence-corrected chi connectivity index (χ3v) is 3.54. The Morgan fingerprint density at radius 2 is 2.12 bits per heavy atom. The second-order valence-electron chi connectivity index (χ2n) is 4.28. The number of halogens is 1. The maximum absolute atomic E-state index is 11.7. The maximum Gasteiger partial charge on any atom is 0.309 e. The summed E-state index contributed by atoms with van der Waals surface area (Å²) >= 11 is 5.87. The molecule has 2 rings (SSSR count). The highest BCUT2D eigenvalue weighted by molar-refractivity contribution is 6.30. The van der Waals surface area contributed by atoms with Crippen molar-refractivity contribution in [3.8, 4) is 0 Å². The summed E-state index contributed by atoms with van der Waals surface area (Å²) in [5.41, 5.74) is 1.14. The smallest absolute Gasteiger partial charge is 0.309 e. The summed E-state index contributed by atoms with van der Waals surface area (Å²) in [4.78, 5) is 11.7. The van der Waals surface area contributed by atoms with Gasteiger partial charge >= 0.3 is 5.97 Å². The summed E-state index contributed by atoms with van der Waals surface area (Å²) < 4.78 is 4.87. The number of carbonyl (C=O) groups is 1. The van der Waals surface area contributed by atoms with Crippen molar-refractivity contribution in [3.63, 3.8) is 0 Å². The lowest BCUT2D eigenvalue weighted by Crippen LogP contribution is -2.39. The molecule has 1 heterocycles. The highest BCUT2D eigenvalue weighted by atomic mass is 35.5. The molecule has 0 radical (unpaired) electrons. The van der Waals surface area contributed by atoms with E-state index in [4.69, 9.17) is 16.3 Å². The molecule has 92 valence electrons. The highest BCUT2D eigenvalue weighted by Crippen LogP contribution is 2.30. The molecule has 0 unspecified atom stereocenters. The number of hydrogen-bond acceptors (Lipinski definition) is 3. The van der Waals surface area contributed by atoms with Crippen LogP contribution in [0.3, 0.4) is 0 Å². The van der Waals surface area contributed by atoms with Crippen LogP contribution in [-0.4, -0.2) is 26.2 Å². The fourth-order valence-electron chi connectivity index (χ4n) is 2.35. The van der Waals surface area contributed by atoms with Crippen molar-refractivity contribution in [2.24, 2.45) is 5.92 Å². The second-order valence-corrected chi connectivity index (χ2v) is 4.72. The van der Waals surface area contributed by atoms with Crippen molar-refractivity contribution < 1.29 is 9.53 Å². The van der Waals surface area contributed by atoms with Gasteiger partial charge in [0, 0.05) is 17.5 Å². The van der Waals surface area contributed by atoms with Gasteiger partial charge in [-0.3, -0.25) is 4.79 Å². The monoisotopic (exact) mass is 253 g/mol. The van der Waals surface area contributed by atoms with E-state index in [0.717, 1.165) is 25.1 Å². The predicted molar refractivity (Wildman–Crippen MR) is 67.2 cm³/mol. The summed E-state index contributed by atoms with van der Waals surface area (Å²) in [7, 11) is 1.45. The summed E-state index contributed by atoms with van der Waals surface area (Å²) in [5, 5.41) is 4.03. The Hall–Kier alpha value is -1.06. The van der Waals surface area contributed by atoms with E-state index in [2.05, 4.69) is 5.32 Å². The van der Waals surface area contributed by atoms with E-state index in [9.17, 15) is 4.79 Å². The molecular formula is C13H16ClNO2. The molecular weight excluding hydrogens is 238 g/mol. The molecule has 4 heteroatoms. The van der Waals surface area contributed by atoms with E-state index in [1.54, 1.807) is 0 Å². The van der Waals surface area contributed by atoms with Crippen molar-refractivity contribution in [3.05, 3.63) is 34.9 Å². The van der Waals surface area contributed by atoms with Crippen LogP contribution in [-0.2, 0) is 9.53 Å². The quantitative estimate of drug-likeness (QED) is 0.822. The molecule has 0 aliphatic carbocycles. The molecule has 0 amide bonds. The molecule has 3 nitrogen and oxygen atoms in total. The molecule has 17 heavy (non-hydrogen) atoms. The minimum atomic E-state index is -0.119. The number of ether oxygens (including phenoxy) is 1. The molecule has 1 aromatic carbocycles. The molecule has 0 spiro atoms. The Bertz CT molecular complexity index is 391. The van der Waals surface area contributed by atoms with Gasteiger partial charge in [-0.2, -0.15) is 0 Å². The van der Waals surface area contributed by atoms with Gasteiger partial charge in [-0.25, -0.2) is 0 Å². The second kappa shape index (κ2) is 5.52. The number of rotatable bonds is 2. The number of piperidine rings is 1. The highest BCUT2D eigenvalue weighted by Gasteiger charge is 2.32. The maximum atomic E-state index is 11.7. The minimum Gasteiger partial charge on any atom is -0.469 e. The van der Waals surface area contributed by atoms with Crippen LogP contribution in [0.4, 0.5) is 0 Å². The number of hydrogen-bond donors (Lipinski definition) is 1. The minimum absolute atomic E-state index is 0.0533. The molecule has 0 bridgehead atoms. The lowest BCUT2D eigenvalue weighted by molar-refractivity contribution is -0.147. The van der Waals surface area contributed by atoms with Gasteiger partial charge in [-0.15, -0.1) is 0 Å². The molecule has 0 aromatic heterocycles. The number of carbonyl (C=O) groups excluding carboxylic acids is 1. The van der Waals surface area contributed by atoms with Gasteiger partial charge in [0.25, 0.3) is 0 Å². The molecule has 1 N–H and O–H groups in total. The lowest BCUT2D eigenvalue weighted by atomic mass is 9.81. The van der Waals surface area contributed by atoms with E-state index in [1.807, 2.05) is 24.3 Å². The summed E-state index contributed by atoms with van der Waals surface area (Å²) in [6, 6.07) is 7.69. The van der Waals surface area contributed by atoms with Crippen molar-refractivity contribution in [1.29, 1.82) is 0 Å². The van der Waals surface area contributed by atoms with Crippen LogP contribution in [0.2, 0.25) is 5.02 Å². The van der Waals surface area contributed by atoms with Crippen LogP contribution < -0.4 is 5.32 Å². The van der Waals surface area contributed by atoms with Gasteiger partial charge < -0.3 is 10.1 Å². The van der Waals surface area contributed by atoms with E-state index in [-0.39, 0.29) is 17.8 Å². The summed E-state index contributed by atoms with van der Waals surface area (Å²) in [6.45, 7) is 1.67. The zero-order valence-corrected chi connectivity index (χ0v) is 10.5. The molecule has 0 saturated carbocycles. The zero-order valence-electron chi connectivity index (χ0n) is 9.78. The van der Waals surface area contributed by atoms with Crippen molar-refractivity contribution >= 4 is 17.6 Å². The van der Waals surface area contributed by atoms with E-state index in [1.165, 1.54) is 7.11 Å². The standard InChI is InChI=1S/C13H16ClNO2/c1-17-13(16)11-6-7-15-8-12(11)9-2-4-10(14)5-3-9/h2-5,11-12,15H,6-8H2,1H3/t11-,12+/m1/s1. The normalized spacial score (nSPS) is 24.4. The molecule has 1 fully saturated rings. The Labute approximate surface area is 106 Å². The Balaban J connectivity index is 2.21. The SMILES string of the molecule is COC(=O)[C@@H]1CCNC[C@H]1c1ccc(Cl)cc1. The number of methoxy groups -OCH3 is 1. The Kier molecular flexibility index (Phi) is 4.02. The molecule has 2 atom stereocenters. The van der Waals surface area contributed by atoms with Gasteiger partial charge in [0.05, 0.1) is 13.0 Å². The fraction of sp³-hybridized carbons (Fsp3) is 0.462. The average molecular weight is 254 g/mol. The molecule has 1 saturated heterocycles. The van der Waals surface area contributed by atoms with Crippen LogP contribution in [0, 0.1) is 5.92 Å². The van der Waals surface area contributed by atoms with Crippen LogP contribution in [0.5, 0.6) is 0 Å². The summed E-state index contributed by atoms with van der Waals surface area (Å²) in [5.74, 6) is 0.00217. The predicted octanol–water partition coefficient (Wildman–Crippen LogP) is 2.21. The summed E-state index contributed by atoms with van der Waals surface area (Å²) in [6.07, 6.45) is 0.819. The number of nitrogens with one attached hydrogen (secondary N) is 1. The van der Waals surface area contributed by atoms with E-state index < -0.39 is 0 Å². The van der Waals surface area contributed by atoms with Crippen LogP contribution in [0.1, 0.15) is 17.9 Å². The van der Waals surface area contributed by atoms with E-state index >= 15 is 0 Å². The van der Waals surface area contributed by atoms with Crippen molar-refractivity contribution in [2.75, 3.05) is 20.2 Å². The Morgan fingerprint density at radius 1 is 1.41 bits per heavy atom. The first-order valence-electron chi connectivity index (χ1n) is 5.76. The van der Waals surface area contributed by atoms with Gasteiger partial charge in [-0.1, -0.05) is 23.7 Å². The zero-order chi connectivity index (χ0) is 12.3. The fourth-order valence-corrected chi connectivity index (χ4v) is 2.48. The van der Waals surface area contributed by atoms with Crippen LogP contribution in [0.25, 0.3) is 0 Å². The van der Waals surface area contributed by atoms with Gasteiger partial charge in [0.15, 0.2) is 0 Å². The van der Waals surface area contributed by atoms with Crippen LogP contribution in [0.15, 0.2) is 24.3 Å². The van der Waals surface area contributed by atoms with Gasteiger partial charge in [0.1, 0.15) is 0 Å². The number of benzene rings is 1. The average Bonchev–Trinajstić information content (AvgIpc) is 2.39.